The third-order valence-corrected chi connectivity index (χ3v) is 3.15. The van der Waals surface area contributed by atoms with E-state index in [1.165, 1.54) is 32.1 Å². The molecule has 1 radical (unpaired) electrons. The summed E-state index contributed by atoms with van der Waals surface area (Å²) in [6, 6.07) is 1.80. The molecule has 2 atom stereocenters. The van der Waals surface area contributed by atoms with Crippen molar-refractivity contribution >= 4 is 0 Å². The van der Waals surface area contributed by atoms with Crippen molar-refractivity contribution < 1.29 is 32.7 Å². The van der Waals surface area contributed by atoms with Gasteiger partial charge in [-0.1, -0.05) is 20.3 Å². The topological polar surface area (TPSA) is 3.24 Å². The van der Waals surface area contributed by atoms with Gasteiger partial charge in [0, 0.05) is 32.7 Å². The van der Waals surface area contributed by atoms with Crippen molar-refractivity contribution in [3.05, 3.63) is 5.92 Å². The molecule has 2 bridgehead atoms. The second-order valence-electron chi connectivity index (χ2n) is 4.62. The van der Waals surface area contributed by atoms with E-state index >= 15 is 0 Å². The second-order valence-corrected chi connectivity index (χ2v) is 4.62. The van der Waals surface area contributed by atoms with Gasteiger partial charge in [0.2, 0.25) is 0 Å². The molecule has 2 heterocycles. The van der Waals surface area contributed by atoms with Crippen molar-refractivity contribution in [2.24, 2.45) is 0 Å². The Morgan fingerprint density at radius 2 is 1.50 bits per heavy atom. The fourth-order valence-corrected chi connectivity index (χ4v) is 2.47. The number of hydrogen-bond donors (Lipinski definition) is 0. The first-order valence-corrected chi connectivity index (χ1v) is 5.72. The Balaban J connectivity index is 0.000000381. The van der Waals surface area contributed by atoms with Gasteiger partial charge in [-0.25, -0.2) is 0 Å². The molecule has 2 heteroatoms. The summed E-state index contributed by atoms with van der Waals surface area (Å²) < 4.78 is 0. The first kappa shape index (κ1) is 15.1. The van der Waals surface area contributed by atoms with Crippen molar-refractivity contribution in [3.8, 4) is 0 Å². The van der Waals surface area contributed by atoms with Gasteiger partial charge in [-0.15, -0.1) is 0 Å². The average molecular weight is 271 g/mol. The van der Waals surface area contributed by atoms with Gasteiger partial charge < -0.3 is 10.8 Å². The van der Waals surface area contributed by atoms with E-state index in [4.69, 9.17) is 0 Å². The molecule has 1 nitrogen and oxygen atoms in total. The van der Waals surface area contributed by atoms with Crippen molar-refractivity contribution in [2.75, 3.05) is 7.05 Å². The number of piperidine rings is 1. The summed E-state index contributed by atoms with van der Waals surface area (Å²) in [7, 11) is 2.29. The van der Waals surface area contributed by atoms with Crippen molar-refractivity contribution in [1.29, 1.82) is 0 Å². The second kappa shape index (κ2) is 7.36. The molecule has 2 fully saturated rings. The van der Waals surface area contributed by atoms with E-state index < -0.39 is 0 Å². The summed E-state index contributed by atoms with van der Waals surface area (Å²) in [5.41, 5.74) is 0. The molecule has 14 heavy (non-hydrogen) atoms. The minimum atomic E-state index is 0. The summed E-state index contributed by atoms with van der Waals surface area (Å²) >= 11 is 0. The van der Waals surface area contributed by atoms with Crippen LogP contribution in [0.2, 0.25) is 0 Å². The molecule has 2 saturated heterocycles. The van der Waals surface area contributed by atoms with E-state index in [9.17, 15) is 0 Å². The van der Waals surface area contributed by atoms with Gasteiger partial charge in [0.15, 0.2) is 0 Å². The van der Waals surface area contributed by atoms with Gasteiger partial charge in [-0.05, 0) is 32.0 Å². The van der Waals surface area contributed by atoms with E-state index in [0.29, 0.717) is 0 Å². The number of rotatable bonds is 0. The van der Waals surface area contributed by atoms with Crippen LogP contribution in [-0.4, -0.2) is 24.0 Å². The molecular weight excluding hydrogens is 247 g/mol. The molecule has 0 aliphatic carbocycles. The van der Waals surface area contributed by atoms with Crippen LogP contribution in [-0.2, 0) is 32.7 Å². The summed E-state index contributed by atoms with van der Waals surface area (Å²) in [6.07, 6.45) is 6.87. The molecule has 2 aliphatic heterocycles. The third kappa shape index (κ3) is 3.91. The molecule has 0 aromatic heterocycles. The predicted molar refractivity (Wildman–Crippen MR) is 58.7 cm³/mol. The first-order valence-electron chi connectivity index (χ1n) is 5.72. The molecule has 0 N–H and O–H groups in total. The Labute approximate surface area is 115 Å². The van der Waals surface area contributed by atoms with E-state index in [0.717, 1.165) is 12.1 Å². The molecule has 0 aromatic carbocycles. The summed E-state index contributed by atoms with van der Waals surface area (Å²) in [5, 5.41) is 0. The Bertz CT molecular complexity index is 135. The van der Waals surface area contributed by atoms with Gasteiger partial charge in [0.1, 0.15) is 0 Å². The van der Waals surface area contributed by atoms with Crippen LogP contribution in [0.1, 0.15) is 52.9 Å². The Morgan fingerprint density at radius 3 is 1.86 bits per heavy atom. The van der Waals surface area contributed by atoms with Crippen LogP contribution < -0.4 is 0 Å². The molecule has 2 unspecified atom stereocenters. The van der Waals surface area contributed by atoms with Crippen LogP contribution >= 0.6 is 0 Å². The number of hydrogen-bond acceptors (Lipinski definition) is 1. The van der Waals surface area contributed by atoms with Crippen LogP contribution in [0.25, 0.3) is 0 Å². The normalized spacial score (nSPS) is 31.7. The van der Waals surface area contributed by atoms with Crippen molar-refractivity contribution in [3.63, 3.8) is 0 Å². The Kier molecular flexibility index (Phi) is 7.91. The minimum absolute atomic E-state index is 0. The van der Waals surface area contributed by atoms with Crippen LogP contribution in [0.3, 0.4) is 0 Å². The van der Waals surface area contributed by atoms with Gasteiger partial charge in [-0.2, -0.15) is 19.8 Å². The van der Waals surface area contributed by atoms with E-state index in [2.05, 4.69) is 32.7 Å². The van der Waals surface area contributed by atoms with Gasteiger partial charge in [0.25, 0.3) is 0 Å². The molecule has 2 rings (SSSR count). The largest absolute Gasteiger partial charge is 0.314 e. The van der Waals surface area contributed by atoms with E-state index in [-0.39, 0.29) is 32.7 Å². The standard InChI is InChI=1S/C9H16N.C3H8.Y/c1-7-5-8-3-4-9(6-7)10(8)2;1-3-2;/h8-9H,3-6H2,1-2H3;3H2,1-2H3;/q-1;;. The SMILES string of the molecule is CCC.C[C-]1CC2CCC(C1)N2C.[Y]. The number of nitrogens with zero attached hydrogens (tertiary/aromatic N) is 1. The average Bonchev–Trinajstić information content (AvgIpc) is 2.35. The Morgan fingerprint density at radius 1 is 1.14 bits per heavy atom. The monoisotopic (exact) mass is 271 g/mol. The third-order valence-electron chi connectivity index (χ3n) is 3.15. The van der Waals surface area contributed by atoms with Crippen LogP contribution in [0, 0.1) is 5.92 Å². The van der Waals surface area contributed by atoms with Crippen LogP contribution in [0.5, 0.6) is 0 Å². The summed E-state index contributed by atoms with van der Waals surface area (Å²) in [4.78, 5) is 2.58. The zero-order valence-corrected chi connectivity index (χ0v) is 13.1. The molecule has 0 amide bonds. The van der Waals surface area contributed by atoms with E-state index in [1.807, 2.05) is 0 Å². The maximum atomic E-state index is 2.58. The molecule has 0 spiro atoms. The van der Waals surface area contributed by atoms with Gasteiger partial charge in [-0.3, -0.25) is 0 Å². The zero-order valence-electron chi connectivity index (χ0n) is 10.2. The molecule has 0 aromatic rings. The zero-order chi connectivity index (χ0) is 9.84. The fourth-order valence-electron chi connectivity index (χ4n) is 2.47. The Hall–Kier alpha value is 1.06. The van der Waals surface area contributed by atoms with Crippen molar-refractivity contribution in [2.45, 2.75) is 65.0 Å². The predicted octanol–water partition coefficient (Wildman–Crippen LogP) is 3.25. The van der Waals surface area contributed by atoms with Gasteiger partial charge >= 0.3 is 0 Å². The molecule has 81 valence electrons. The smallest absolute Gasteiger partial charge is 0 e. The summed E-state index contributed by atoms with van der Waals surface area (Å²) in [5.74, 6) is 1.73. The summed E-state index contributed by atoms with van der Waals surface area (Å²) in [6.45, 7) is 6.57. The quantitative estimate of drug-likeness (QED) is 0.611. The van der Waals surface area contributed by atoms with Crippen LogP contribution in [0.15, 0.2) is 0 Å². The minimum Gasteiger partial charge on any atom is -0.314 e. The number of fused-ring (bicyclic) bond motifs is 2. The van der Waals surface area contributed by atoms with Crippen molar-refractivity contribution in [1.82, 2.24) is 4.90 Å². The van der Waals surface area contributed by atoms with Crippen LogP contribution in [0.4, 0.5) is 0 Å². The molecular formula is C12H24NY-. The maximum absolute atomic E-state index is 2.58. The maximum Gasteiger partial charge on any atom is 0 e. The molecule has 2 aliphatic rings. The molecule has 0 saturated carbocycles. The first-order chi connectivity index (χ1) is 6.19. The fraction of sp³-hybridized carbons (Fsp3) is 0.917. The van der Waals surface area contributed by atoms with E-state index in [1.54, 1.807) is 5.92 Å². The van der Waals surface area contributed by atoms with Gasteiger partial charge in [0.05, 0.1) is 0 Å².